The van der Waals surface area contributed by atoms with E-state index in [0.29, 0.717) is 19.3 Å². The topological polar surface area (TPSA) is 43.4 Å². The van der Waals surface area contributed by atoms with Crippen molar-refractivity contribution in [2.45, 2.75) is 99.8 Å². The third kappa shape index (κ3) is 15.3. The van der Waals surface area contributed by atoms with Gasteiger partial charge >= 0.3 is 0 Å². The van der Waals surface area contributed by atoms with Crippen LogP contribution < -0.4 is 5.32 Å². The molecule has 0 saturated carbocycles. The molecular formula is C24H47FN2O2. The smallest absolute Gasteiger partial charge is 0.201 e. The fourth-order valence-corrected chi connectivity index (χ4v) is 2.50. The van der Waals surface area contributed by atoms with Crippen molar-refractivity contribution in [1.29, 1.82) is 0 Å². The van der Waals surface area contributed by atoms with Crippen LogP contribution in [-0.4, -0.2) is 30.9 Å². The summed E-state index contributed by atoms with van der Waals surface area (Å²) in [6.45, 7) is 17.7. The number of aromatic nitrogens is 1. The first-order valence-electron chi connectivity index (χ1n) is 11.6. The fraction of sp³-hybridized carbons (Fsp3) is 0.792. The minimum Gasteiger partial charge on any atom is -0.381 e. The molecule has 5 heteroatoms. The molecule has 0 aliphatic carbocycles. The fourth-order valence-electron chi connectivity index (χ4n) is 2.50. The molecule has 29 heavy (non-hydrogen) atoms. The Hall–Kier alpha value is -1.20. The third-order valence-electron chi connectivity index (χ3n) is 4.40. The van der Waals surface area contributed by atoms with Crippen LogP contribution in [0, 0.1) is 5.92 Å². The highest BCUT2D eigenvalue weighted by Gasteiger charge is 2.14. The summed E-state index contributed by atoms with van der Waals surface area (Å²) in [7, 11) is 0. The molecule has 1 aromatic heterocycles. The summed E-state index contributed by atoms with van der Waals surface area (Å²) in [5.74, 6) is 0.741. The van der Waals surface area contributed by atoms with Gasteiger partial charge in [-0.25, -0.2) is 0 Å². The number of anilines is 1. The third-order valence-corrected chi connectivity index (χ3v) is 4.40. The van der Waals surface area contributed by atoms with Crippen LogP contribution in [0.15, 0.2) is 18.3 Å². The number of hydrogen-bond acceptors (Lipinski definition) is 4. The van der Waals surface area contributed by atoms with Crippen LogP contribution in [0.3, 0.4) is 0 Å². The van der Waals surface area contributed by atoms with Crippen molar-refractivity contribution < 1.29 is 13.9 Å². The van der Waals surface area contributed by atoms with Crippen molar-refractivity contribution in [1.82, 2.24) is 4.98 Å². The summed E-state index contributed by atoms with van der Waals surface area (Å²) in [6.07, 6.45) is 6.73. The second-order valence-electron chi connectivity index (χ2n) is 6.76. The largest absolute Gasteiger partial charge is 0.381 e. The molecule has 0 bridgehead atoms. The van der Waals surface area contributed by atoms with Crippen LogP contribution in [0.2, 0.25) is 0 Å². The van der Waals surface area contributed by atoms with Gasteiger partial charge in [-0.05, 0) is 51.2 Å². The van der Waals surface area contributed by atoms with E-state index >= 15 is 0 Å². The molecule has 0 aliphatic rings. The number of halogens is 1. The maximum atomic E-state index is 11.0. The summed E-state index contributed by atoms with van der Waals surface area (Å²) >= 11 is 0. The van der Waals surface area contributed by atoms with Gasteiger partial charge in [0.15, 0.2) is 0 Å². The van der Waals surface area contributed by atoms with E-state index in [-0.39, 0.29) is 13.0 Å². The van der Waals surface area contributed by atoms with E-state index in [1.165, 1.54) is 12.8 Å². The van der Waals surface area contributed by atoms with Gasteiger partial charge in [0.25, 0.3) is 0 Å². The molecule has 1 N–H and O–H groups in total. The van der Waals surface area contributed by atoms with Crippen molar-refractivity contribution in [2.24, 2.45) is 5.92 Å². The zero-order chi connectivity index (χ0) is 22.5. The van der Waals surface area contributed by atoms with E-state index in [1.807, 2.05) is 46.9 Å². The molecule has 0 amide bonds. The second kappa shape index (κ2) is 21.5. The maximum absolute atomic E-state index is 11.0. The molecule has 1 rings (SSSR count). The van der Waals surface area contributed by atoms with Crippen LogP contribution in [0.25, 0.3) is 0 Å². The summed E-state index contributed by atoms with van der Waals surface area (Å²) in [4.78, 5) is 4.49. The Labute approximate surface area is 180 Å². The number of pyridine rings is 1. The molecule has 0 aromatic carbocycles. The Bertz CT molecular complexity index is 435. The zero-order valence-corrected chi connectivity index (χ0v) is 20.3. The number of hydrogen-bond donors (Lipinski definition) is 1. The van der Waals surface area contributed by atoms with E-state index in [2.05, 4.69) is 37.1 Å². The van der Waals surface area contributed by atoms with Crippen LogP contribution in [0.5, 0.6) is 0 Å². The Morgan fingerprint density at radius 1 is 1.00 bits per heavy atom. The van der Waals surface area contributed by atoms with Crippen molar-refractivity contribution >= 4 is 5.69 Å². The zero-order valence-electron chi connectivity index (χ0n) is 20.3. The number of alkyl halides is 1. The van der Waals surface area contributed by atoms with Gasteiger partial charge in [0.05, 0.1) is 24.3 Å². The van der Waals surface area contributed by atoms with E-state index < -0.39 is 0 Å². The second-order valence-corrected chi connectivity index (χ2v) is 6.76. The Morgan fingerprint density at radius 3 is 1.97 bits per heavy atom. The van der Waals surface area contributed by atoms with Gasteiger partial charge in [0.1, 0.15) is 0 Å². The first kappa shape index (κ1) is 30.0. The van der Waals surface area contributed by atoms with Gasteiger partial charge in [0.2, 0.25) is 6.29 Å². The minimum absolute atomic E-state index is 0.156. The van der Waals surface area contributed by atoms with Crippen LogP contribution in [0.1, 0.15) is 99.5 Å². The van der Waals surface area contributed by atoms with Gasteiger partial charge in [-0.3, -0.25) is 9.37 Å². The summed E-state index contributed by atoms with van der Waals surface area (Å²) in [5, 5.41) is 3.58. The molecule has 0 saturated heterocycles. The van der Waals surface area contributed by atoms with E-state index in [0.717, 1.165) is 36.6 Å². The molecule has 1 heterocycles. The molecule has 2 atom stereocenters. The normalized spacial score (nSPS) is 12.3. The summed E-state index contributed by atoms with van der Waals surface area (Å²) in [6, 6.07) is 4.54. The van der Waals surface area contributed by atoms with Gasteiger partial charge in [0, 0.05) is 19.3 Å². The molecule has 0 aliphatic heterocycles. The molecular weight excluding hydrogens is 367 g/mol. The minimum atomic E-state index is -0.369. The lowest BCUT2D eigenvalue weighted by atomic mass is 9.97. The SMILES string of the molecule is CC.CCCCF.CCOC(OCC)c1ccc(NC(CC)CC(C)CC)cn1. The number of unbranched alkanes of at least 4 members (excludes halogenated alkanes) is 1. The summed E-state index contributed by atoms with van der Waals surface area (Å²) < 4.78 is 22.1. The maximum Gasteiger partial charge on any atom is 0.201 e. The van der Waals surface area contributed by atoms with Crippen LogP contribution in [0.4, 0.5) is 10.1 Å². The molecule has 0 fully saturated rings. The molecule has 0 radical (unpaired) electrons. The van der Waals surface area contributed by atoms with Crippen molar-refractivity contribution in [3.05, 3.63) is 24.0 Å². The number of nitrogens with zero attached hydrogens (tertiary/aromatic N) is 1. The number of nitrogens with one attached hydrogen (secondary N) is 1. The van der Waals surface area contributed by atoms with Gasteiger partial charge < -0.3 is 14.8 Å². The predicted octanol–water partition coefficient (Wildman–Crippen LogP) is 7.56. The first-order chi connectivity index (χ1) is 14.1. The standard InChI is InChI=1S/C18H32N2O2.C4H9F.C2H6/c1-6-14(5)12-15(7-2)20-16-10-11-17(19-13-16)18(21-8-3)22-9-4;1-2-3-4-5;1-2/h10-11,13-15,18,20H,6-9,12H2,1-5H3;2-4H2,1H3;1-2H3. The van der Waals surface area contributed by atoms with Gasteiger partial charge in [-0.2, -0.15) is 0 Å². The molecule has 4 nitrogen and oxygen atoms in total. The van der Waals surface area contributed by atoms with Crippen LogP contribution >= 0.6 is 0 Å². The highest BCUT2D eigenvalue weighted by molar-refractivity contribution is 5.42. The predicted molar refractivity (Wildman–Crippen MR) is 124 cm³/mol. The monoisotopic (exact) mass is 414 g/mol. The van der Waals surface area contributed by atoms with Crippen molar-refractivity contribution in [3.63, 3.8) is 0 Å². The molecule has 1 aromatic rings. The lowest BCUT2D eigenvalue weighted by Gasteiger charge is -2.22. The molecule has 0 spiro atoms. The Morgan fingerprint density at radius 2 is 1.62 bits per heavy atom. The molecule has 172 valence electrons. The van der Waals surface area contributed by atoms with Gasteiger partial charge in [-0.15, -0.1) is 0 Å². The van der Waals surface area contributed by atoms with Gasteiger partial charge in [-0.1, -0.05) is 54.4 Å². The first-order valence-corrected chi connectivity index (χ1v) is 11.6. The average molecular weight is 415 g/mol. The summed E-state index contributed by atoms with van der Waals surface area (Å²) in [5.41, 5.74) is 1.88. The Balaban J connectivity index is 0. The van der Waals surface area contributed by atoms with E-state index in [1.54, 1.807) is 0 Å². The lowest BCUT2D eigenvalue weighted by Crippen LogP contribution is -2.21. The van der Waals surface area contributed by atoms with Crippen molar-refractivity contribution in [2.75, 3.05) is 25.2 Å². The number of rotatable bonds is 13. The lowest BCUT2D eigenvalue weighted by molar-refractivity contribution is -0.142. The number of ether oxygens (including phenoxy) is 2. The highest BCUT2D eigenvalue weighted by atomic mass is 19.1. The van der Waals surface area contributed by atoms with E-state index in [4.69, 9.17) is 9.47 Å². The van der Waals surface area contributed by atoms with Crippen LogP contribution in [-0.2, 0) is 9.47 Å². The van der Waals surface area contributed by atoms with Crippen molar-refractivity contribution in [3.8, 4) is 0 Å². The average Bonchev–Trinajstić information content (AvgIpc) is 2.76. The quantitative estimate of drug-likeness (QED) is 0.338. The highest BCUT2D eigenvalue weighted by Crippen LogP contribution is 2.20. The van der Waals surface area contributed by atoms with E-state index in [9.17, 15) is 4.39 Å². The molecule has 2 unspecified atom stereocenters. The Kier molecular flexibility index (Phi) is 22.2.